The van der Waals surface area contributed by atoms with Crippen molar-refractivity contribution in [3.05, 3.63) is 89.7 Å². The molecule has 2 N–H and O–H groups in total. The van der Waals surface area contributed by atoms with Gasteiger partial charge in [0.1, 0.15) is 17.3 Å². The fraction of sp³-hybridized carbons (Fsp3) is 0. The Labute approximate surface area is 148 Å². The van der Waals surface area contributed by atoms with E-state index in [1.165, 1.54) is 36.4 Å². The molecule has 0 aliphatic heterocycles. The molecule has 130 valence electrons. The van der Waals surface area contributed by atoms with Gasteiger partial charge in [-0.25, -0.2) is 9.18 Å². The van der Waals surface area contributed by atoms with E-state index in [4.69, 9.17) is 4.74 Å². The van der Waals surface area contributed by atoms with Gasteiger partial charge in [-0.2, -0.15) is 0 Å². The molecule has 3 rings (SSSR count). The molecule has 5 nitrogen and oxygen atoms in total. The number of hydrogen-bond donors (Lipinski definition) is 2. The van der Waals surface area contributed by atoms with Gasteiger partial charge in [0, 0.05) is 6.07 Å². The maximum absolute atomic E-state index is 13.8. The van der Waals surface area contributed by atoms with Crippen LogP contribution in [-0.4, -0.2) is 17.0 Å². The summed E-state index contributed by atoms with van der Waals surface area (Å²) in [7, 11) is 0. The standard InChI is InChI=1S/C20H14FNO4/c21-17-9-5-4-8-15(17)19(23)22-18-12-14(10-11-16(18)20(24)25)26-13-6-2-1-3-7-13/h1-12H,(H,22,23)(H,24,25). The predicted octanol–water partition coefficient (Wildman–Crippen LogP) is 4.57. The second-order valence-corrected chi connectivity index (χ2v) is 5.36. The summed E-state index contributed by atoms with van der Waals surface area (Å²) in [4.78, 5) is 23.7. The lowest BCUT2D eigenvalue weighted by Gasteiger charge is -2.12. The van der Waals surface area contributed by atoms with Crippen LogP contribution in [-0.2, 0) is 0 Å². The number of para-hydroxylation sites is 1. The normalized spacial score (nSPS) is 10.2. The number of carboxylic acids is 1. The average molecular weight is 351 g/mol. The van der Waals surface area contributed by atoms with Crippen molar-refractivity contribution >= 4 is 17.6 Å². The van der Waals surface area contributed by atoms with Crippen molar-refractivity contribution in [1.29, 1.82) is 0 Å². The van der Waals surface area contributed by atoms with E-state index < -0.39 is 17.7 Å². The number of carbonyl (C=O) groups is 2. The van der Waals surface area contributed by atoms with Crippen LogP contribution in [0.2, 0.25) is 0 Å². The largest absolute Gasteiger partial charge is 0.478 e. The molecule has 0 fully saturated rings. The molecule has 0 saturated heterocycles. The van der Waals surface area contributed by atoms with Gasteiger partial charge in [-0.3, -0.25) is 4.79 Å². The van der Waals surface area contributed by atoms with Gasteiger partial charge in [-0.05, 0) is 36.4 Å². The van der Waals surface area contributed by atoms with Crippen LogP contribution >= 0.6 is 0 Å². The van der Waals surface area contributed by atoms with Crippen LogP contribution in [0.5, 0.6) is 11.5 Å². The van der Waals surface area contributed by atoms with Crippen LogP contribution in [0.25, 0.3) is 0 Å². The molecular formula is C20H14FNO4. The second kappa shape index (κ2) is 7.48. The van der Waals surface area contributed by atoms with Gasteiger partial charge >= 0.3 is 5.97 Å². The van der Waals surface area contributed by atoms with Crippen molar-refractivity contribution in [2.75, 3.05) is 5.32 Å². The summed E-state index contributed by atoms with van der Waals surface area (Å²) in [6.07, 6.45) is 0. The first kappa shape index (κ1) is 17.2. The minimum absolute atomic E-state index is 0.0131. The predicted molar refractivity (Wildman–Crippen MR) is 94.3 cm³/mol. The van der Waals surface area contributed by atoms with Gasteiger partial charge in [0.05, 0.1) is 16.8 Å². The highest BCUT2D eigenvalue weighted by molar-refractivity contribution is 6.08. The third-order valence-electron chi connectivity index (χ3n) is 3.57. The fourth-order valence-electron chi connectivity index (χ4n) is 2.34. The van der Waals surface area contributed by atoms with Gasteiger partial charge in [0.2, 0.25) is 0 Å². The highest BCUT2D eigenvalue weighted by atomic mass is 19.1. The molecule has 0 atom stereocenters. The molecule has 0 heterocycles. The first-order chi connectivity index (χ1) is 12.5. The average Bonchev–Trinajstić information content (AvgIpc) is 2.63. The van der Waals surface area contributed by atoms with Gasteiger partial charge in [-0.15, -0.1) is 0 Å². The van der Waals surface area contributed by atoms with Crippen molar-refractivity contribution < 1.29 is 23.8 Å². The van der Waals surface area contributed by atoms with Gasteiger partial charge < -0.3 is 15.2 Å². The van der Waals surface area contributed by atoms with Crippen LogP contribution in [0.4, 0.5) is 10.1 Å². The van der Waals surface area contributed by atoms with Crippen molar-refractivity contribution in [2.45, 2.75) is 0 Å². The van der Waals surface area contributed by atoms with Crippen LogP contribution in [0, 0.1) is 5.82 Å². The zero-order valence-electron chi connectivity index (χ0n) is 13.5. The summed E-state index contributed by atoms with van der Waals surface area (Å²) in [5, 5.41) is 11.8. The number of carboxylic acid groups (broad SMARTS) is 1. The summed E-state index contributed by atoms with van der Waals surface area (Å²) in [5.74, 6) is -1.77. The number of rotatable bonds is 5. The molecule has 0 aliphatic rings. The van der Waals surface area contributed by atoms with Crippen LogP contribution in [0.15, 0.2) is 72.8 Å². The molecule has 0 saturated carbocycles. The number of halogens is 1. The lowest BCUT2D eigenvalue weighted by atomic mass is 10.1. The monoisotopic (exact) mass is 351 g/mol. The van der Waals surface area contributed by atoms with Crippen LogP contribution < -0.4 is 10.1 Å². The highest BCUT2D eigenvalue weighted by Crippen LogP contribution is 2.27. The SMILES string of the molecule is O=C(Nc1cc(Oc2ccccc2)ccc1C(=O)O)c1ccccc1F. The van der Waals surface area contributed by atoms with E-state index in [1.807, 2.05) is 6.07 Å². The zero-order valence-corrected chi connectivity index (χ0v) is 13.5. The Hall–Kier alpha value is -3.67. The van der Waals surface area contributed by atoms with Crippen molar-refractivity contribution in [3.8, 4) is 11.5 Å². The quantitative estimate of drug-likeness (QED) is 0.706. The highest BCUT2D eigenvalue weighted by Gasteiger charge is 2.17. The summed E-state index contributed by atoms with van der Waals surface area (Å²) in [5.41, 5.74) is -0.299. The second-order valence-electron chi connectivity index (χ2n) is 5.36. The molecule has 6 heteroatoms. The summed E-state index contributed by atoms with van der Waals surface area (Å²) in [6.45, 7) is 0. The molecule has 3 aromatic rings. The van der Waals surface area contributed by atoms with E-state index in [0.29, 0.717) is 11.5 Å². The van der Waals surface area contributed by atoms with Crippen molar-refractivity contribution in [3.63, 3.8) is 0 Å². The third kappa shape index (κ3) is 3.87. The number of nitrogens with one attached hydrogen (secondary N) is 1. The maximum Gasteiger partial charge on any atom is 0.337 e. The molecule has 26 heavy (non-hydrogen) atoms. The molecule has 0 unspecified atom stereocenters. The summed E-state index contributed by atoms with van der Waals surface area (Å²) >= 11 is 0. The number of hydrogen-bond acceptors (Lipinski definition) is 3. The minimum atomic E-state index is -1.22. The number of ether oxygens (including phenoxy) is 1. The van der Waals surface area contributed by atoms with Gasteiger partial charge in [-0.1, -0.05) is 30.3 Å². The van der Waals surface area contributed by atoms with Crippen LogP contribution in [0.1, 0.15) is 20.7 Å². The number of amides is 1. The number of benzene rings is 3. The Morgan fingerprint density at radius 3 is 2.23 bits per heavy atom. The smallest absolute Gasteiger partial charge is 0.337 e. The first-order valence-electron chi connectivity index (χ1n) is 7.71. The molecule has 0 bridgehead atoms. The molecule has 0 radical (unpaired) electrons. The Balaban J connectivity index is 1.91. The van der Waals surface area contributed by atoms with E-state index >= 15 is 0 Å². The van der Waals surface area contributed by atoms with Crippen LogP contribution in [0.3, 0.4) is 0 Å². The first-order valence-corrected chi connectivity index (χ1v) is 7.71. The summed E-state index contributed by atoms with van der Waals surface area (Å²) in [6, 6.07) is 18.5. The third-order valence-corrected chi connectivity index (χ3v) is 3.57. The molecule has 0 aliphatic carbocycles. The number of anilines is 1. The van der Waals surface area contributed by atoms with E-state index in [9.17, 15) is 19.1 Å². The molecule has 0 spiro atoms. The van der Waals surface area contributed by atoms with E-state index in [1.54, 1.807) is 24.3 Å². The topological polar surface area (TPSA) is 75.6 Å². The number of aromatic carboxylic acids is 1. The summed E-state index contributed by atoms with van der Waals surface area (Å²) < 4.78 is 19.4. The lowest BCUT2D eigenvalue weighted by molar-refractivity contribution is 0.0698. The zero-order chi connectivity index (χ0) is 18.5. The Morgan fingerprint density at radius 1 is 0.846 bits per heavy atom. The van der Waals surface area contributed by atoms with E-state index in [-0.39, 0.29) is 16.8 Å². The molecule has 1 amide bonds. The molecule has 0 aromatic heterocycles. The van der Waals surface area contributed by atoms with E-state index in [0.717, 1.165) is 6.07 Å². The van der Waals surface area contributed by atoms with E-state index in [2.05, 4.69) is 5.32 Å². The lowest BCUT2D eigenvalue weighted by Crippen LogP contribution is -2.16. The fourth-order valence-corrected chi connectivity index (χ4v) is 2.34. The van der Waals surface area contributed by atoms with Crippen molar-refractivity contribution in [1.82, 2.24) is 0 Å². The molecular weight excluding hydrogens is 337 g/mol. The Morgan fingerprint density at radius 2 is 1.54 bits per heavy atom. The number of carbonyl (C=O) groups excluding carboxylic acids is 1. The Bertz CT molecular complexity index is 957. The van der Waals surface area contributed by atoms with Crippen molar-refractivity contribution in [2.24, 2.45) is 0 Å². The minimum Gasteiger partial charge on any atom is -0.478 e. The van der Waals surface area contributed by atoms with Gasteiger partial charge in [0.15, 0.2) is 0 Å². The maximum atomic E-state index is 13.8. The van der Waals surface area contributed by atoms with Gasteiger partial charge in [0.25, 0.3) is 5.91 Å². The molecule has 3 aromatic carbocycles. The Kier molecular flexibility index (Phi) is 4.94.